The minimum Gasteiger partial charge on any atom is -0.481 e. The highest BCUT2D eigenvalue weighted by molar-refractivity contribution is 7.17. The first-order valence-corrected chi connectivity index (χ1v) is 7.29. The van der Waals surface area contributed by atoms with Crippen molar-refractivity contribution in [2.24, 2.45) is 5.41 Å². The first-order chi connectivity index (χ1) is 9.79. The lowest BCUT2D eigenvalue weighted by Gasteiger charge is -2.19. The molecule has 2 aromatic rings. The van der Waals surface area contributed by atoms with Gasteiger partial charge in [0, 0.05) is 6.54 Å². The molecule has 0 spiro atoms. The number of nitrogens with one attached hydrogen (secondary N) is 1. The molecule has 0 aliphatic heterocycles. The topological polar surface area (TPSA) is 79.5 Å². The molecule has 1 amide bonds. The van der Waals surface area contributed by atoms with Gasteiger partial charge in [0.2, 0.25) is 0 Å². The van der Waals surface area contributed by atoms with Gasteiger partial charge in [-0.15, -0.1) is 11.3 Å². The molecule has 0 bridgehead atoms. The zero-order valence-corrected chi connectivity index (χ0v) is 12.9. The zero-order chi connectivity index (χ0) is 15.6. The number of rotatable bonds is 5. The molecule has 0 aliphatic rings. The Labute approximate surface area is 126 Å². The molecular formula is C15H17NO4S. The van der Waals surface area contributed by atoms with Gasteiger partial charge in [0.15, 0.2) is 0 Å². The molecule has 0 unspecified atom stereocenters. The van der Waals surface area contributed by atoms with Crippen LogP contribution in [-0.2, 0) is 4.79 Å². The second-order valence-electron chi connectivity index (χ2n) is 5.45. The van der Waals surface area contributed by atoms with Crippen molar-refractivity contribution in [3.8, 4) is 10.6 Å². The van der Waals surface area contributed by atoms with Crippen LogP contribution in [-0.4, -0.2) is 23.5 Å². The lowest BCUT2D eigenvalue weighted by atomic mass is 9.94. The Hall–Kier alpha value is -2.08. The molecule has 21 heavy (non-hydrogen) atoms. The summed E-state index contributed by atoms with van der Waals surface area (Å²) in [6, 6.07) is 7.25. The van der Waals surface area contributed by atoms with Crippen LogP contribution < -0.4 is 5.32 Å². The second-order valence-corrected chi connectivity index (χ2v) is 6.53. The highest BCUT2D eigenvalue weighted by Gasteiger charge is 2.27. The normalized spacial score (nSPS) is 11.4. The van der Waals surface area contributed by atoms with Gasteiger partial charge in [-0.3, -0.25) is 9.59 Å². The first-order valence-electron chi connectivity index (χ1n) is 6.48. The number of carbonyl (C=O) groups excluding carboxylic acids is 1. The van der Waals surface area contributed by atoms with Gasteiger partial charge in [-0.25, -0.2) is 0 Å². The fraction of sp³-hybridized carbons (Fsp3) is 0.333. The SMILES string of the molecule is Cc1ccc(-c2ccc(C(=O)NCC(C)(C)C(=O)O)s2)o1. The fourth-order valence-corrected chi connectivity index (χ4v) is 2.51. The maximum absolute atomic E-state index is 12.0. The summed E-state index contributed by atoms with van der Waals surface area (Å²) < 4.78 is 5.51. The van der Waals surface area contributed by atoms with Crippen molar-refractivity contribution in [1.82, 2.24) is 5.32 Å². The van der Waals surface area contributed by atoms with Crippen molar-refractivity contribution in [1.29, 1.82) is 0 Å². The summed E-state index contributed by atoms with van der Waals surface area (Å²) in [5, 5.41) is 11.7. The van der Waals surface area contributed by atoms with E-state index in [2.05, 4.69) is 5.32 Å². The van der Waals surface area contributed by atoms with Crippen molar-refractivity contribution in [3.63, 3.8) is 0 Å². The van der Waals surface area contributed by atoms with Crippen molar-refractivity contribution in [2.45, 2.75) is 20.8 Å². The smallest absolute Gasteiger partial charge is 0.310 e. The Bertz CT molecular complexity index is 669. The maximum atomic E-state index is 12.0. The van der Waals surface area contributed by atoms with Crippen molar-refractivity contribution < 1.29 is 19.1 Å². The monoisotopic (exact) mass is 307 g/mol. The van der Waals surface area contributed by atoms with Crippen LogP contribution in [0.3, 0.4) is 0 Å². The van der Waals surface area contributed by atoms with Crippen LogP contribution in [0.1, 0.15) is 29.3 Å². The van der Waals surface area contributed by atoms with Gasteiger partial charge < -0.3 is 14.8 Å². The standard InChI is InChI=1S/C15H17NO4S/c1-9-4-5-10(20-9)11-6-7-12(21-11)13(17)16-8-15(2,3)14(18)19/h4-7H,8H2,1-3H3,(H,16,17)(H,18,19). The molecule has 0 aromatic carbocycles. The molecule has 0 fully saturated rings. The Balaban J connectivity index is 2.04. The molecule has 0 radical (unpaired) electrons. The fourth-order valence-electron chi connectivity index (χ4n) is 1.62. The van der Waals surface area contributed by atoms with Crippen LogP contribution in [0.25, 0.3) is 10.6 Å². The highest BCUT2D eigenvalue weighted by Crippen LogP contribution is 2.29. The molecule has 2 aromatic heterocycles. The summed E-state index contributed by atoms with van der Waals surface area (Å²) in [5.74, 6) is 0.319. The lowest BCUT2D eigenvalue weighted by Crippen LogP contribution is -2.38. The molecule has 0 saturated heterocycles. The largest absolute Gasteiger partial charge is 0.481 e. The third-order valence-electron chi connectivity index (χ3n) is 3.08. The second kappa shape index (κ2) is 5.73. The molecule has 0 aliphatic carbocycles. The third kappa shape index (κ3) is 3.52. The minimum absolute atomic E-state index is 0.0776. The summed E-state index contributed by atoms with van der Waals surface area (Å²) in [4.78, 5) is 24.4. The van der Waals surface area contributed by atoms with E-state index in [0.717, 1.165) is 16.4 Å². The molecule has 0 atom stereocenters. The lowest BCUT2D eigenvalue weighted by molar-refractivity contribution is -0.146. The van der Waals surface area contributed by atoms with E-state index in [1.807, 2.05) is 25.1 Å². The van der Waals surface area contributed by atoms with E-state index in [9.17, 15) is 9.59 Å². The zero-order valence-electron chi connectivity index (χ0n) is 12.1. The third-order valence-corrected chi connectivity index (χ3v) is 4.18. The van der Waals surface area contributed by atoms with E-state index in [1.165, 1.54) is 11.3 Å². The Morgan fingerprint density at radius 2 is 2.00 bits per heavy atom. The molecule has 2 rings (SSSR count). The number of amides is 1. The molecule has 0 saturated carbocycles. The summed E-state index contributed by atoms with van der Waals surface area (Å²) in [6.45, 7) is 5.08. The number of thiophene rings is 1. The average molecular weight is 307 g/mol. The van der Waals surface area contributed by atoms with Crippen LogP contribution in [0.2, 0.25) is 0 Å². The number of carboxylic acids is 1. The predicted molar refractivity (Wildman–Crippen MR) is 80.5 cm³/mol. The molecule has 2 heterocycles. The summed E-state index contributed by atoms with van der Waals surface area (Å²) >= 11 is 1.31. The molecular weight excluding hydrogens is 290 g/mol. The van der Waals surface area contributed by atoms with Crippen molar-refractivity contribution in [2.75, 3.05) is 6.54 Å². The predicted octanol–water partition coefficient (Wildman–Crippen LogP) is 3.16. The number of carboxylic acid groups (broad SMARTS) is 1. The number of hydrogen-bond acceptors (Lipinski definition) is 4. The highest BCUT2D eigenvalue weighted by atomic mass is 32.1. The van der Waals surface area contributed by atoms with Crippen LogP contribution in [0, 0.1) is 12.3 Å². The van der Waals surface area contributed by atoms with Crippen molar-refractivity contribution >= 4 is 23.2 Å². The van der Waals surface area contributed by atoms with E-state index in [4.69, 9.17) is 9.52 Å². The van der Waals surface area contributed by atoms with Crippen LogP contribution in [0.5, 0.6) is 0 Å². The van der Waals surface area contributed by atoms with Gasteiger partial charge in [0.05, 0.1) is 15.2 Å². The molecule has 112 valence electrons. The van der Waals surface area contributed by atoms with E-state index < -0.39 is 11.4 Å². The minimum atomic E-state index is -0.992. The number of hydrogen-bond donors (Lipinski definition) is 2. The van der Waals surface area contributed by atoms with Gasteiger partial charge in [-0.2, -0.15) is 0 Å². The van der Waals surface area contributed by atoms with Crippen LogP contribution in [0.15, 0.2) is 28.7 Å². The maximum Gasteiger partial charge on any atom is 0.310 e. The van der Waals surface area contributed by atoms with Gasteiger partial charge in [-0.1, -0.05) is 0 Å². The van der Waals surface area contributed by atoms with Crippen LogP contribution >= 0.6 is 11.3 Å². The van der Waals surface area contributed by atoms with E-state index in [0.29, 0.717) is 4.88 Å². The summed E-state index contributed by atoms with van der Waals surface area (Å²) in [7, 11) is 0. The Morgan fingerprint density at radius 3 is 2.57 bits per heavy atom. The van der Waals surface area contributed by atoms with Crippen molar-refractivity contribution in [3.05, 3.63) is 34.9 Å². The van der Waals surface area contributed by atoms with Crippen LogP contribution in [0.4, 0.5) is 0 Å². The summed E-state index contributed by atoms with van der Waals surface area (Å²) in [6.07, 6.45) is 0. The van der Waals surface area contributed by atoms with Gasteiger partial charge in [0.25, 0.3) is 5.91 Å². The first kappa shape index (κ1) is 15.3. The molecule has 2 N–H and O–H groups in total. The Morgan fingerprint density at radius 1 is 1.29 bits per heavy atom. The van der Waals surface area contributed by atoms with E-state index in [-0.39, 0.29) is 12.5 Å². The van der Waals surface area contributed by atoms with E-state index >= 15 is 0 Å². The average Bonchev–Trinajstić information content (AvgIpc) is 3.04. The van der Waals surface area contributed by atoms with Gasteiger partial charge >= 0.3 is 5.97 Å². The van der Waals surface area contributed by atoms with E-state index in [1.54, 1.807) is 19.9 Å². The Kier molecular flexibility index (Phi) is 4.18. The molecule has 6 heteroatoms. The number of carbonyl (C=O) groups is 2. The molecule has 5 nitrogen and oxygen atoms in total. The summed E-state index contributed by atoms with van der Waals surface area (Å²) in [5.41, 5.74) is -0.992. The quantitative estimate of drug-likeness (QED) is 0.889. The van der Waals surface area contributed by atoms with Gasteiger partial charge in [-0.05, 0) is 45.0 Å². The van der Waals surface area contributed by atoms with Gasteiger partial charge in [0.1, 0.15) is 11.5 Å². The number of aryl methyl sites for hydroxylation is 1. The number of aliphatic carboxylic acids is 1. The number of furan rings is 1.